The van der Waals surface area contributed by atoms with Crippen LogP contribution in [0.15, 0.2) is 83.3 Å². The molecule has 0 aliphatic carbocycles. The fourth-order valence-corrected chi connectivity index (χ4v) is 9.49. The van der Waals surface area contributed by atoms with Crippen LogP contribution >= 0.6 is 15.9 Å². The van der Waals surface area contributed by atoms with E-state index in [9.17, 15) is 21.2 Å². The topological polar surface area (TPSA) is 83.5 Å². The Hall–Kier alpha value is -2.11. The third-order valence-corrected chi connectivity index (χ3v) is 12.2. The van der Waals surface area contributed by atoms with Crippen LogP contribution in [0.25, 0.3) is 0 Å². The Morgan fingerprint density at radius 2 is 1.38 bits per heavy atom. The van der Waals surface area contributed by atoms with Crippen molar-refractivity contribution in [2.45, 2.75) is 68.7 Å². The van der Waals surface area contributed by atoms with Crippen molar-refractivity contribution < 1.29 is 21.2 Å². The van der Waals surface area contributed by atoms with Crippen molar-refractivity contribution in [3.63, 3.8) is 0 Å². The van der Waals surface area contributed by atoms with E-state index in [1.54, 1.807) is 12.1 Å². The zero-order valence-corrected chi connectivity index (χ0v) is 25.2. The highest BCUT2D eigenvalue weighted by molar-refractivity contribution is 9.10. The minimum atomic E-state index is -3.54. The van der Waals surface area contributed by atoms with Gasteiger partial charge in [-0.3, -0.25) is 0 Å². The summed E-state index contributed by atoms with van der Waals surface area (Å²) in [5.41, 5.74) is 2.07. The number of nitrogens with zero attached hydrogens (tertiary/aromatic N) is 1. The lowest BCUT2D eigenvalue weighted by Crippen LogP contribution is -2.44. The average molecular weight is 638 g/mol. The Labute approximate surface area is 239 Å². The summed E-state index contributed by atoms with van der Waals surface area (Å²) in [7, 11) is -6.71. The van der Waals surface area contributed by atoms with Crippen LogP contribution in [-0.2, 0) is 26.6 Å². The number of hydrogen-bond acceptors (Lipinski definition) is 4. The molecule has 39 heavy (non-hydrogen) atoms. The molecule has 2 aliphatic heterocycles. The molecule has 2 heterocycles. The second-order valence-electron chi connectivity index (χ2n) is 10.2. The van der Waals surface area contributed by atoms with Gasteiger partial charge in [0.1, 0.15) is 16.3 Å². The molecule has 10 heteroatoms. The van der Waals surface area contributed by atoms with E-state index in [-0.39, 0.29) is 23.9 Å². The van der Waals surface area contributed by atoms with Gasteiger partial charge in [0.2, 0.25) is 20.0 Å². The van der Waals surface area contributed by atoms with Gasteiger partial charge in [-0.25, -0.2) is 25.9 Å². The molecule has 0 spiro atoms. The zero-order chi connectivity index (χ0) is 28.2. The molecule has 0 amide bonds. The van der Waals surface area contributed by atoms with Crippen LogP contribution in [0.1, 0.15) is 66.7 Å². The summed E-state index contributed by atoms with van der Waals surface area (Å²) in [4.78, 5) is 0. The summed E-state index contributed by atoms with van der Waals surface area (Å²) in [6.45, 7) is 3.85. The third kappa shape index (κ3) is 7.16. The first-order valence-electron chi connectivity index (χ1n) is 13.0. The Morgan fingerprint density at radius 3 is 1.95 bits per heavy atom. The van der Waals surface area contributed by atoms with Crippen LogP contribution in [0.3, 0.4) is 0 Å². The third-order valence-electron chi connectivity index (χ3n) is 7.31. The lowest BCUT2D eigenvalue weighted by Gasteiger charge is -2.37. The molecule has 4 atom stereocenters. The number of rotatable bonds is 4. The highest BCUT2D eigenvalue weighted by Crippen LogP contribution is 2.38. The fraction of sp³-hybridized carbons (Fsp3) is 0.379. The molecular formula is C29H34BrFN2O4S2. The van der Waals surface area contributed by atoms with Gasteiger partial charge in [0.15, 0.2) is 0 Å². The Kier molecular flexibility index (Phi) is 9.65. The molecule has 5 rings (SSSR count). The van der Waals surface area contributed by atoms with Gasteiger partial charge in [0, 0.05) is 28.7 Å². The molecule has 0 radical (unpaired) electrons. The molecule has 2 fully saturated rings. The molecule has 2 aliphatic rings. The number of halogens is 2. The average Bonchev–Trinajstić information content (AvgIpc) is 2.88. The van der Waals surface area contributed by atoms with Crippen LogP contribution in [0.4, 0.5) is 4.39 Å². The largest absolute Gasteiger partial charge is 0.221 e. The fourth-order valence-electron chi connectivity index (χ4n) is 5.16. The Bertz CT molecular complexity index is 1470. The first-order valence-corrected chi connectivity index (χ1v) is 16.9. The molecule has 6 nitrogen and oxygen atoms in total. The summed E-state index contributed by atoms with van der Waals surface area (Å²) < 4.78 is 68.9. The van der Waals surface area contributed by atoms with E-state index < -0.39 is 31.1 Å². The summed E-state index contributed by atoms with van der Waals surface area (Å²) in [6, 6.07) is 23.3. The quantitative estimate of drug-likeness (QED) is 0.356. The maximum Gasteiger partial charge on any atom is 0.221 e. The number of benzene rings is 3. The van der Waals surface area contributed by atoms with Crippen LogP contribution in [0.2, 0.25) is 0 Å². The highest BCUT2D eigenvalue weighted by atomic mass is 79.9. The van der Waals surface area contributed by atoms with E-state index in [0.29, 0.717) is 22.9 Å². The van der Waals surface area contributed by atoms with Crippen molar-refractivity contribution >= 4 is 36.0 Å². The van der Waals surface area contributed by atoms with E-state index >= 15 is 0 Å². The Morgan fingerprint density at radius 1 is 0.821 bits per heavy atom. The number of sulfonamides is 2. The molecule has 1 N–H and O–H groups in total. The number of nitrogens with one attached hydrogen (secondary N) is 1. The van der Waals surface area contributed by atoms with Crippen molar-refractivity contribution in [3.05, 3.63) is 106 Å². The monoisotopic (exact) mass is 636 g/mol. The maximum absolute atomic E-state index is 14.2. The Balaban J connectivity index is 0.000000202. The van der Waals surface area contributed by atoms with Crippen molar-refractivity contribution in [3.8, 4) is 0 Å². The standard InChI is InChI=1S/C18H19BrFNO2S.C11H15NO2S/c1-13-7-10-18(14-5-3-2-4-6-14)24(22,23)21(13)12-15-8-9-16(19)11-17(15)20;1-9-7-8-11(15(13,14)12-9)10-5-3-2-4-6-10/h2-6,8-9,11,13,18H,7,10,12H2,1H3;2-6,9,11-12H,7-8H2,1H3/t13-,18?;9-,11?/m00/s1. The zero-order valence-electron chi connectivity index (χ0n) is 22.0. The summed E-state index contributed by atoms with van der Waals surface area (Å²) >= 11 is 3.22. The van der Waals surface area contributed by atoms with Gasteiger partial charge in [-0.2, -0.15) is 4.31 Å². The van der Waals surface area contributed by atoms with E-state index in [0.717, 1.165) is 24.0 Å². The maximum atomic E-state index is 14.2. The van der Waals surface area contributed by atoms with Crippen molar-refractivity contribution in [2.24, 2.45) is 0 Å². The van der Waals surface area contributed by atoms with Crippen LogP contribution in [0.5, 0.6) is 0 Å². The summed E-state index contributed by atoms with van der Waals surface area (Å²) in [6.07, 6.45) is 2.96. The molecular weight excluding hydrogens is 603 g/mol. The SMILES string of the molecule is C[C@H]1CCC(c2ccccc2)S(=O)(=O)N1.C[C@H]1CCC(c2ccccc2)S(=O)(=O)N1Cc1ccc(Br)cc1F. The lowest BCUT2D eigenvalue weighted by atomic mass is 10.0. The first kappa shape index (κ1) is 29.9. The second-order valence-corrected chi connectivity index (χ2v) is 15.1. The van der Waals surface area contributed by atoms with Gasteiger partial charge in [-0.1, -0.05) is 82.7 Å². The number of hydrogen-bond donors (Lipinski definition) is 1. The molecule has 3 aromatic rings. The second kappa shape index (κ2) is 12.6. The van der Waals surface area contributed by atoms with E-state index in [1.807, 2.05) is 74.5 Å². The van der Waals surface area contributed by atoms with Gasteiger partial charge in [0.25, 0.3) is 0 Å². The van der Waals surface area contributed by atoms with Crippen LogP contribution in [-0.4, -0.2) is 33.2 Å². The van der Waals surface area contributed by atoms with E-state index in [1.165, 1.54) is 10.4 Å². The van der Waals surface area contributed by atoms with Crippen molar-refractivity contribution in [1.82, 2.24) is 9.03 Å². The van der Waals surface area contributed by atoms with Gasteiger partial charge in [-0.05, 0) is 62.8 Å². The molecule has 210 valence electrons. The molecule has 0 bridgehead atoms. The first-order chi connectivity index (χ1) is 18.5. The summed E-state index contributed by atoms with van der Waals surface area (Å²) in [5.74, 6) is -0.395. The minimum absolute atomic E-state index is 0.0615. The van der Waals surface area contributed by atoms with E-state index in [4.69, 9.17) is 0 Å². The van der Waals surface area contributed by atoms with Crippen LogP contribution in [0, 0.1) is 5.82 Å². The van der Waals surface area contributed by atoms with Crippen molar-refractivity contribution in [1.29, 1.82) is 0 Å². The highest BCUT2D eigenvalue weighted by Gasteiger charge is 2.40. The van der Waals surface area contributed by atoms with Crippen molar-refractivity contribution in [2.75, 3.05) is 0 Å². The molecule has 2 saturated heterocycles. The van der Waals surface area contributed by atoms with Gasteiger partial charge in [-0.15, -0.1) is 0 Å². The molecule has 2 unspecified atom stereocenters. The smallest absolute Gasteiger partial charge is 0.212 e. The predicted octanol–water partition coefficient (Wildman–Crippen LogP) is 6.47. The predicted molar refractivity (Wildman–Crippen MR) is 156 cm³/mol. The van der Waals surface area contributed by atoms with Gasteiger partial charge < -0.3 is 0 Å². The summed E-state index contributed by atoms with van der Waals surface area (Å²) in [5, 5.41) is -0.941. The molecule has 3 aromatic carbocycles. The normalized spacial score (nSPS) is 26.3. The van der Waals surface area contributed by atoms with Gasteiger partial charge >= 0.3 is 0 Å². The van der Waals surface area contributed by atoms with E-state index in [2.05, 4.69) is 20.7 Å². The lowest BCUT2D eigenvalue weighted by molar-refractivity contribution is 0.279. The molecule has 0 saturated carbocycles. The van der Waals surface area contributed by atoms with Gasteiger partial charge in [0.05, 0.1) is 0 Å². The van der Waals surface area contributed by atoms with Crippen LogP contribution < -0.4 is 4.72 Å². The minimum Gasteiger partial charge on any atom is -0.212 e. The molecule has 0 aromatic heterocycles.